The summed E-state index contributed by atoms with van der Waals surface area (Å²) < 4.78 is 0. The van der Waals surface area contributed by atoms with Gasteiger partial charge in [-0.3, -0.25) is 14.4 Å². The number of benzene rings is 3. The first-order valence-electron chi connectivity index (χ1n) is 11.5. The van der Waals surface area contributed by atoms with Crippen LogP contribution in [0.5, 0.6) is 0 Å². The summed E-state index contributed by atoms with van der Waals surface area (Å²) in [6, 6.07) is 22.2. The molecule has 0 aromatic heterocycles. The fourth-order valence-electron chi connectivity index (χ4n) is 4.04. The van der Waals surface area contributed by atoms with E-state index >= 15 is 0 Å². The third kappa shape index (κ3) is 6.31. The number of anilines is 1. The number of hydrogen-bond donors (Lipinski definition) is 4. The van der Waals surface area contributed by atoms with Crippen molar-refractivity contribution in [3.63, 3.8) is 0 Å². The number of thiol groups is 1. The summed E-state index contributed by atoms with van der Waals surface area (Å²) in [4.78, 5) is 40.1. The minimum Gasteiger partial charge on any atom is -0.481 e. The van der Waals surface area contributed by atoms with Crippen LogP contribution in [-0.4, -0.2) is 45.8 Å². The molecule has 185 valence electrons. The molecule has 0 aliphatic carbocycles. The Balaban J connectivity index is 1.54. The number of nitrogens with one attached hydrogen (secondary N) is 1. The van der Waals surface area contributed by atoms with Crippen LogP contribution in [0, 0.1) is 0 Å². The van der Waals surface area contributed by atoms with E-state index in [4.69, 9.17) is 5.84 Å². The molecule has 0 bridgehead atoms. The standard InChI is InChI=1S/C27H27N4O4S/c28-29-16-19-6-8-20(9-7-19)26(34)30-22-10-11-23-21(14-22)17-31(13-12-18-4-2-1-3-5-18)27(35)24(36-23)15-25(32)33/h1-11,14,16,24,36H,12-13,15,17,28H2,(H,30,34)(H,32,33). The Morgan fingerprint density at radius 2 is 1.86 bits per heavy atom. The SMILES string of the molecule is NN=Cc1ccc(C(=O)Nc2ccc3c(c2)CN(CCc2ccccc2)C(=O)C(CC(=O)O)[SH]3)cc1. The van der Waals surface area contributed by atoms with Crippen LogP contribution in [-0.2, 0) is 22.6 Å². The summed E-state index contributed by atoms with van der Waals surface area (Å²) in [5.74, 6) is 3.73. The van der Waals surface area contributed by atoms with Gasteiger partial charge in [0.25, 0.3) is 5.91 Å². The first-order chi connectivity index (χ1) is 17.4. The fraction of sp³-hybridized carbons (Fsp3) is 0.185. The van der Waals surface area contributed by atoms with Crippen LogP contribution >= 0.6 is 11.8 Å². The van der Waals surface area contributed by atoms with Crippen LogP contribution in [0.1, 0.15) is 33.5 Å². The number of carboxylic acids is 1. The van der Waals surface area contributed by atoms with Gasteiger partial charge in [0.1, 0.15) is 0 Å². The van der Waals surface area contributed by atoms with Crippen LogP contribution in [0.4, 0.5) is 5.69 Å². The Labute approximate surface area is 213 Å². The highest BCUT2D eigenvalue weighted by atomic mass is 32.2. The molecule has 0 spiro atoms. The molecule has 0 saturated carbocycles. The third-order valence-corrected chi connectivity index (χ3v) is 7.30. The molecule has 2 amide bonds. The van der Waals surface area contributed by atoms with Gasteiger partial charge < -0.3 is 21.2 Å². The largest absolute Gasteiger partial charge is 0.481 e. The molecule has 1 aliphatic rings. The monoisotopic (exact) mass is 503 g/mol. The average Bonchev–Trinajstić information content (AvgIpc) is 3.00. The molecule has 1 unspecified atom stereocenters. The lowest BCUT2D eigenvalue weighted by molar-refractivity contribution is -0.140. The van der Waals surface area contributed by atoms with Gasteiger partial charge in [0.2, 0.25) is 5.91 Å². The first kappa shape index (κ1) is 25.0. The van der Waals surface area contributed by atoms with Crippen LogP contribution in [0.25, 0.3) is 0 Å². The van der Waals surface area contributed by atoms with E-state index in [1.165, 1.54) is 6.21 Å². The van der Waals surface area contributed by atoms with E-state index < -0.39 is 11.2 Å². The van der Waals surface area contributed by atoms with Gasteiger partial charge in [-0.1, -0.05) is 42.5 Å². The van der Waals surface area contributed by atoms with Gasteiger partial charge >= 0.3 is 5.97 Å². The maximum absolute atomic E-state index is 13.3. The van der Waals surface area contributed by atoms with Gasteiger partial charge in [-0.05, 0) is 53.4 Å². The van der Waals surface area contributed by atoms with Crippen molar-refractivity contribution >= 4 is 41.4 Å². The second-order valence-electron chi connectivity index (χ2n) is 8.44. The van der Waals surface area contributed by atoms with Gasteiger partial charge in [0.15, 0.2) is 0 Å². The first-order valence-corrected chi connectivity index (χ1v) is 12.4. The van der Waals surface area contributed by atoms with E-state index in [1.54, 1.807) is 35.2 Å². The molecule has 4 N–H and O–H groups in total. The zero-order valence-corrected chi connectivity index (χ0v) is 20.4. The van der Waals surface area contributed by atoms with Crippen molar-refractivity contribution in [1.82, 2.24) is 4.90 Å². The Kier molecular flexibility index (Phi) is 8.02. The summed E-state index contributed by atoms with van der Waals surface area (Å²) in [5, 5.41) is 15.1. The molecule has 1 aliphatic heterocycles. The molecular formula is C27H27N4O4S. The molecule has 4 rings (SSSR count). The van der Waals surface area contributed by atoms with Crippen molar-refractivity contribution in [3.05, 3.63) is 95.1 Å². The van der Waals surface area contributed by atoms with Crippen molar-refractivity contribution in [3.8, 4) is 0 Å². The lowest BCUT2D eigenvalue weighted by atomic mass is 10.1. The van der Waals surface area contributed by atoms with Crippen LogP contribution in [0.15, 0.2) is 82.8 Å². The van der Waals surface area contributed by atoms with E-state index in [2.05, 4.69) is 10.4 Å². The molecule has 8 nitrogen and oxygen atoms in total. The summed E-state index contributed by atoms with van der Waals surface area (Å²) in [6.45, 7) is 0.823. The van der Waals surface area contributed by atoms with Crippen LogP contribution in [0.2, 0.25) is 0 Å². The molecule has 1 radical (unpaired) electrons. The molecule has 9 heteroatoms. The summed E-state index contributed by atoms with van der Waals surface area (Å²) in [5.41, 5.74) is 3.87. The van der Waals surface area contributed by atoms with Crippen molar-refractivity contribution < 1.29 is 19.5 Å². The van der Waals surface area contributed by atoms with E-state index in [0.29, 0.717) is 42.5 Å². The zero-order valence-electron chi connectivity index (χ0n) is 19.5. The number of aliphatic carboxylic acids is 1. The number of nitrogens with two attached hydrogens (primary N) is 1. The minimum atomic E-state index is -1.00. The number of nitrogens with zero attached hydrogens (tertiary/aromatic N) is 2. The maximum Gasteiger partial charge on any atom is 0.304 e. The Morgan fingerprint density at radius 1 is 1.11 bits per heavy atom. The normalized spacial score (nSPS) is 15.4. The number of rotatable bonds is 8. The van der Waals surface area contributed by atoms with Crippen molar-refractivity contribution in [1.29, 1.82) is 0 Å². The van der Waals surface area contributed by atoms with Gasteiger partial charge in [0.05, 0.1) is 17.9 Å². The van der Waals surface area contributed by atoms with Crippen LogP contribution < -0.4 is 11.2 Å². The topological polar surface area (TPSA) is 125 Å². The molecule has 1 atom stereocenters. The van der Waals surface area contributed by atoms with Gasteiger partial charge in [-0.2, -0.15) is 16.9 Å². The molecule has 0 fully saturated rings. The molecule has 3 aromatic rings. The smallest absolute Gasteiger partial charge is 0.304 e. The average molecular weight is 504 g/mol. The molecule has 1 heterocycles. The van der Waals surface area contributed by atoms with E-state index in [0.717, 1.165) is 21.6 Å². The number of hydrogen-bond acceptors (Lipinski definition) is 5. The van der Waals surface area contributed by atoms with E-state index in [1.807, 2.05) is 42.5 Å². The Bertz CT molecular complexity index is 1280. The maximum atomic E-state index is 13.3. The highest BCUT2D eigenvalue weighted by Gasteiger charge is 2.31. The summed E-state index contributed by atoms with van der Waals surface area (Å²) >= 11 is 0.653. The Hall–Kier alpha value is -4.11. The quantitative estimate of drug-likeness (QED) is 0.162. The molecular weight excluding hydrogens is 476 g/mol. The second kappa shape index (κ2) is 11.5. The number of carbonyl (C=O) groups excluding carboxylic acids is 2. The number of carboxylic acid groups (broad SMARTS) is 1. The predicted octanol–water partition coefficient (Wildman–Crippen LogP) is 3.48. The van der Waals surface area contributed by atoms with Gasteiger partial charge in [-0.15, -0.1) is 0 Å². The Morgan fingerprint density at radius 3 is 2.56 bits per heavy atom. The predicted molar refractivity (Wildman–Crippen MR) is 141 cm³/mol. The molecule has 3 aromatic carbocycles. The third-order valence-electron chi connectivity index (χ3n) is 5.87. The highest BCUT2D eigenvalue weighted by Crippen LogP contribution is 2.36. The lowest BCUT2D eigenvalue weighted by Crippen LogP contribution is -2.38. The molecule has 36 heavy (non-hydrogen) atoms. The van der Waals surface area contributed by atoms with Crippen molar-refractivity contribution in [2.24, 2.45) is 10.9 Å². The lowest BCUT2D eigenvalue weighted by Gasteiger charge is -2.24. The van der Waals surface area contributed by atoms with Crippen LogP contribution in [0.3, 0.4) is 0 Å². The van der Waals surface area contributed by atoms with Gasteiger partial charge in [0, 0.05) is 29.2 Å². The number of carbonyl (C=O) groups is 3. The fourth-order valence-corrected chi connectivity index (χ4v) is 5.36. The number of amides is 2. The minimum absolute atomic E-state index is 0.169. The van der Waals surface area contributed by atoms with E-state index in [-0.39, 0.29) is 18.2 Å². The number of fused-ring (bicyclic) bond motifs is 1. The second-order valence-corrected chi connectivity index (χ2v) is 9.80. The highest BCUT2D eigenvalue weighted by molar-refractivity contribution is 8.00. The van der Waals surface area contributed by atoms with Gasteiger partial charge in [-0.25, -0.2) is 0 Å². The summed E-state index contributed by atoms with van der Waals surface area (Å²) in [6.07, 6.45) is 1.93. The zero-order chi connectivity index (χ0) is 25.5. The molecule has 0 saturated heterocycles. The van der Waals surface area contributed by atoms with E-state index in [9.17, 15) is 19.5 Å². The summed E-state index contributed by atoms with van der Waals surface area (Å²) in [7, 11) is 0. The van der Waals surface area contributed by atoms with Crippen molar-refractivity contribution in [2.75, 3.05) is 11.9 Å². The number of hydrazone groups is 1. The van der Waals surface area contributed by atoms with Crippen molar-refractivity contribution in [2.45, 2.75) is 29.5 Å².